The lowest BCUT2D eigenvalue weighted by atomic mass is 9.91. The first-order valence-corrected chi connectivity index (χ1v) is 7.37. The minimum absolute atomic E-state index is 0.0586. The van der Waals surface area contributed by atoms with Gasteiger partial charge in [0.25, 0.3) is 5.56 Å². The van der Waals surface area contributed by atoms with E-state index in [0.717, 1.165) is 30.5 Å². The van der Waals surface area contributed by atoms with Crippen LogP contribution in [0.2, 0.25) is 5.02 Å². The van der Waals surface area contributed by atoms with Crippen LogP contribution < -0.4 is 11.3 Å². The van der Waals surface area contributed by atoms with Crippen LogP contribution in [0.1, 0.15) is 35.7 Å². The van der Waals surface area contributed by atoms with Gasteiger partial charge >= 0.3 is 0 Å². The Balaban J connectivity index is 2.11. The molecule has 3 rings (SSSR count). The molecule has 21 heavy (non-hydrogen) atoms. The fourth-order valence-electron chi connectivity index (χ4n) is 2.91. The van der Waals surface area contributed by atoms with E-state index in [1.807, 2.05) is 0 Å². The van der Waals surface area contributed by atoms with Crippen molar-refractivity contribution in [1.82, 2.24) is 4.57 Å². The number of nitrogens with two attached hydrogens (primary N) is 1. The first-order chi connectivity index (χ1) is 10.1. The quantitative estimate of drug-likeness (QED) is 0.927. The van der Waals surface area contributed by atoms with E-state index in [0.29, 0.717) is 10.6 Å². The van der Waals surface area contributed by atoms with Crippen molar-refractivity contribution in [2.24, 2.45) is 5.73 Å². The van der Waals surface area contributed by atoms with Crippen molar-refractivity contribution in [2.45, 2.75) is 31.8 Å². The van der Waals surface area contributed by atoms with Crippen LogP contribution in [0.4, 0.5) is 4.39 Å². The first-order valence-electron chi connectivity index (χ1n) is 6.99. The zero-order chi connectivity index (χ0) is 15.0. The van der Waals surface area contributed by atoms with E-state index in [2.05, 4.69) is 0 Å². The summed E-state index contributed by atoms with van der Waals surface area (Å²) in [7, 11) is 0. The molecule has 5 heteroatoms. The van der Waals surface area contributed by atoms with Crippen molar-refractivity contribution in [2.75, 3.05) is 0 Å². The number of fused-ring (bicyclic) bond motifs is 1. The lowest BCUT2D eigenvalue weighted by Gasteiger charge is -2.25. The normalized spacial score (nSPS) is 17.6. The molecule has 0 saturated carbocycles. The Morgan fingerprint density at radius 3 is 2.90 bits per heavy atom. The Morgan fingerprint density at radius 2 is 2.14 bits per heavy atom. The highest BCUT2D eigenvalue weighted by atomic mass is 35.5. The van der Waals surface area contributed by atoms with E-state index in [-0.39, 0.29) is 18.1 Å². The third-order valence-corrected chi connectivity index (χ3v) is 4.39. The van der Waals surface area contributed by atoms with Gasteiger partial charge in [-0.3, -0.25) is 4.79 Å². The number of aromatic nitrogens is 1. The molecule has 1 unspecified atom stereocenters. The Kier molecular flexibility index (Phi) is 3.83. The maximum Gasteiger partial charge on any atom is 0.251 e. The Labute approximate surface area is 127 Å². The molecule has 0 bridgehead atoms. The largest absolute Gasteiger partial charge is 0.324 e. The number of nitrogens with zero attached hydrogens (tertiary/aromatic N) is 1. The molecule has 1 atom stereocenters. The lowest BCUT2D eigenvalue weighted by molar-refractivity contribution is 0.523. The molecule has 0 aliphatic heterocycles. The first kappa shape index (κ1) is 14.3. The van der Waals surface area contributed by atoms with Gasteiger partial charge in [0.05, 0.1) is 6.54 Å². The average molecular weight is 307 g/mol. The highest BCUT2D eigenvalue weighted by Gasteiger charge is 2.21. The molecule has 0 radical (unpaired) electrons. The molecule has 2 N–H and O–H groups in total. The van der Waals surface area contributed by atoms with Crippen LogP contribution >= 0.6 is 11.6 Å². The summed E-state index contributed by atoms with van der Waals surface area (Å²) < 4.78 is 15.5. The molecule has 1 aliphatic carbocycles. The third kappa shape index (κ3) is 2.61. The molecular weight excluding hydrogens is 291 g/mol. The summed E-state index contributed by atoms with van der Waals surface area (Å²) in [6, 6.07) is 7.77. The van der Waals surface area contributed by atoms with Gasteiger partial charge < -0.3 is 10.3 Å². The molecule has 110 valence electrons. The van der Waals surface area contributed by atoms with Gasteiger partial charge in [0, 0.05) is 28.4 Å². The van der Waals surface area contributed by atoms with E-state index in [4.69, 9.17) is 17.3 Å². The number of hydrogen-bond donors (Lipinski definition) is 1. The van der Waals surface area contributed by atoms with Gasteiger partial charge in [0.2, 0.25) is 0 Å². The lowest BCUT2D eigenvalue weighted by Crippen LogP contribution is -2.30. The number of halogens is 2. The summed E-state index contributed by atoms with van der Waals surface area (Å²) in [6.45, 7) is 0.139. The number of hydrogen-bond acceptors (Lipinski definition) is 2. The topological polar surface area (TPSA) is 48.0 Å². The van der Waals surface area contributed by atoms with Crippen molar-refractivity contribution in [3.05, 3.63) is 68.3 Å². The maximum atomic E-state index is 14.0. The molecule has 0 fully saturated rings. The minimum Gasteiger partial charge on any atom is -0.324 e. The van der Waals surface area contributed by atoms with Crippen LogP contribution in [0.3, 0.4) is 0 Å². The summed E-state index contributed by atoms with van der Waals surface area (Å²) in [6.07, 6.45) is 2.62. The molecular formula is C16H16ClFN2O. The van der Waals surface area contributed by atoms with Crippen molar-refractivity contribution in [3.8, 4) is 0 Å². The fourth-order valence-corrected chi connectivity index (χ4v) is 3.14. The minimum atomic E-state index is -0.396. The zero-order valence-electron chi connectivity index (χ0n) is 11.5. The summed E-state index contributed by atoms with van der Waals surface area (Å²) in [4.78, 5) is 12.2. The van der Waals surface area contributed by atoms with Crippen LogP contribution in [0.25, 0.3) is 0 Å². The number of pyridine rings is 1. The van der Waals surface area contributed by atoms with Crippen molar-refractivity contribution in [3.63, 3.8) is 0 Å². The molecule has 3 nitrogen and oxygen atoms in total. The van der Waals surface area contributed by atoms with Crippen LogP contribution in [0, 0.1) is 5.82 Å². The summed E-state index contributed by atoms with van der Waals surface area (Å²) in [5.74, 6) is -0.396. The maximum absolute atomic E-state index is 14.0. The predicted molar refractivity (Wildman–Crippen MR) is 81.1 cm³/mol. The summed E-state index contributed by atoms with van der Waals surface area (Å²) >= 11 is 6.06. The van der Waals surface area contributed by atoms with Gasteiger partial charge in [0.1, 0.15) is 5.82 Å². The fraction of sp³-hybridized carbons (Fsp3) is 0.312. The third-order valence-electron chi connectivity index (χ3n) is 4.04. The predicted octanol–water partition coefficient (Wildman–Crippen LogP) is 3.03. The van der Waals surface area contributed by atoms with Crippen LogP contribution in [-0.2, 0) is 13.0 Å². The number of rotatable bonds is 2. The second-order valence-electron chi connectivity index (χ2n) is 5.36. The van der Waals surface area contributed by atoms with E-state index < -0.39 is 5.82 Å². The molecule has 1 heterocycles. The second-order valence-corrected chi connectivity index (χ2v) is 5.77. The van der Waals surface area contributed by atoms with E-state index in [9.17, 15) is 9.18 Å². The van der Waals surface area contributed by atoms with Gasteiger partial charge in [-0.25, -0.2) is 4.39 Å². The van der Waals surface area contributed by atoms with Gasteiger partial charge in [-0.2, -0.15) is 0 Å². The summed E-state index contributed by atoms with van der Waals surface area (Å²) in [5, 5.41) is 0.333. The van der Waals surface area contributed by atoms with Gasteiger partial charge in [-0.1, -0.05) is 23.7 Å². The summed E-state index contributed by atoms with van der Waals surface area (Å²) in [5.41, 5.74) is 8.18. The van der Waals surface area contributed by atoms with Crippen LogP contribution in [0.5, 0.6) is 0 Å². The van der Waals surface area contributed by atoms with Crippen LogP contribution in [0.15, 0.2) is 35.1 Å². The van der Waals surface area contributed by atoms with Gasteiger partial charge in [-0.05, 0) is 37.0 Å². The standard InChI is InChI=1S/C16H16ClFN2O/c17-12-3-1-4-13(18)11(12)9-20-15-6-2-5-14(19)10(15)7-8-16(20)21/h1,3-4,7-8,14H,2,5-6,9,19H2. The Hall–Kier alpha value is -1.65. The Morgan fingerprint density at radius 1 is 1.33 bits per heavy atom. The molecule has 0 amide bonds. The van der Waals surface area contributed by atoms with Crippen molar-refractivity contribution in [1.29, 1.82) is 0 Å². The average Bonchev–Trinajstić information content (AvgIpc) is 2.45. The molecule has 2 aromatic rings. The van der Waals surface area contributed by atoms with E-state index in [1.54, 1.807) is 22.8 Å². The highest BCUT2D eigenvalue weighted by molar-refractivity contribution is 6.31. The van der Waals surface area contributed by atoms with E-state index in [1.165, 1.54) is 12.1 Å². The monoisotopic (exact) mass is 306 g/mol. The molecule has 0 saturated heterocycles. The van der Waals surface area contributed by atoms with Crippen molar-refractivity contribution < 1.29 is 4.39 Å². The Bertz CT molecular complexity index is 721. The van der Waals surface area contributed by atoms with Gasteiger partial charge in [0.15, 0.2) is 0 Å². The highest BCUT2D eigenvalue weighted by Crippen LogP contribution is 2.28. The molecule has 1 aromatic carbocycles. The smallest absolute Gasteiger partial charge is 0.251 e. The van der Waals surface area contributed by atoms with Crippen molar-refractivity contribution >= 4 is 11.6 Å². The van der Waals surface area contributed by atoms with Gasteiger partial charge in [-0.15, -0.1) is 0 Å². The molecule has 1 aliphatic rings. The number of benzene rings is 1. The molecule has 1 aromatic heterocycles. The zero-order valence-corrected chi connectivity index (χ0v) is 12.2. The molecule has 0 spiro atoms. The SMILES string of the molecule is NC1CCCc2c1ccc(=O)n2Cc1c(F)cccc1Cl. The van der Waals surface area contributed by atoms with E-state index >= 15 is 0 Å². The van der Waals surface area contributed by atoms with Crippen LogP contribution in [-0.4, -0.2) is 4.57 Å². The second kappa shape index (κ2) is 5.62.